The first-order valence-corrected chi connectivity index (χ1v) is 10.6. The Kier molecular flexibility index (Phi) is 11.7. The van der Waals surface area contributed by atoms with Crippen LogP contribution in [0.25, 0.3) is 0 Å². The average Bonchev–Trinajstić information content (AvgIpc) is 2.75. The van der Waals surface area contributed by atoms with Gasteiger partial charge >= 0.3 is 5.97 Å². The quantitative estimate of drug-likeness (QED) is 0.128. The number of nitrogens with one attached hydrogen (secondary N) is 4. The van der Waals surface area contributed by atoms with Gasteiger partial charge in [0.2, 0.25) is 11.8 Å². The predicted octanol–water partition coefficient (Wildman–Crippen LogP) is 0.268. The fourth-order valence-electron chi connectivity index (χ4n) is 2.70. The van der Waals surface area contributed by atoms with E-state index in [0.717, 1.165) is 6.42 Å². The summed E-state index contributed by atoms with van der Waals surface area (Å²) < 4.78 is 4.54. The summed E-state index contributed by atoms with van der Waals surface area (Å²) in [7, 11) is 1.21. The Morgan fingerprint density at radius 3 is 2.31 bits per heavy atom. The van der Waals surface area contributed by atoms with E-state index in [1.807, 2.05) is 0 Å². The van der Waals surface area contributed by atoms with Crippen LogP contribution in [0.3, 0.4) is 0 Å². The van der Waals surface area contributed by atoms with Crippen molar-refractivity contribution in [2.45, 2.75) is 45.2 Å². The van der Waals surface area contributed by atoms with Gasteiger partial charge in [-0.15, -0.1) is 0 Å². The lowest BCUT2D eigenvalue weighted by Gasteiger charge is -2.19. The van der Waals surface area contributed by atoms with E-state index in [2.05, 4.69) is 26.0 Å². The van der Waals surface area contributed by atoms with Crippen LogP contribution in [0, 0.1) is 0 Å². The maximum atomic E-state index is 12.7. The van der Waals surface area contributed by atoms with Crippen LogP contribution in [0.1, 0.15) is 43.5 Å². The van der Waals surface area contributed by atoms with Crippen LogP contribution in [0.2, 0.25) is 0 Å². The fraction of sp³-hybridized carbons (Fsp3) is 0.476. The van der Waals surface area contributed by atoms with Crippen molar-refractivity contribution >= 4 is 46.6 Å². The molecule has 0 aromatic heterocycles. The molecule has 11 heteroatoms. The van der Waals surface area contributed by atoms with E-state index in [1.165, 1.54) is 14.0 Å². The molecule has 0 spiro atoms. The minimum Gasteiger partial charge on any atom is -0.467 e. The van der Waals surface area contributed by atoms with Gasteiger partial charge in [0.25, 0.3) is 5.91 Å². The predicted molar refractivity (Wildman–Crippen MR) is 125 cm³/mol. The van der Waals surface area contributed by atoms with Crippen LogP contribution in [0.4, 0.5) is 5.69 Å². The number of amides is 3. The largest absolute Gasteiger partial charge is 0.467 e. The zero-order valence-corrected chi connectivity index (χ0v) is 19.3. The summed E-state index contributed by atoms with van der Waals surface area (Å²) >= 11 is 4.96. The first kappa shape index (κ1) is 26.8. The van der Waals surface area contributed by atoms with Crippen LogP contribution in [0.5, 0.6) is 0 Å². The van der Waals surface area contributed by atoms with Gasteiger partial charge in [-0.2, -0.15) is 0 Å². The molecule has 0 aliphatic heterocycles. The highest BCUT2D eigenvalue weighted by Gasteiger charge is 2.22. The summed E-state index contributed by atoms with van der Waals surface area (Å²) in [6, 6.07) is 4.62. The molecule has 0 aliphatic carbocycles. The topological polar surface area (TPSA) is 152 Å². The second-order valence-corrected chi connectivity index (χ2v) is 7.77. The van der Waals surface area contributed by atoms with Gasteiger partial charge in [-0.1, -0.05) is 12.2 Å². The number of carbonyl (C=O) groups is 4. The van der Waals surface area contributed by atoms with Gasteiger partial charge in [-0.25, -0.2) is 4.79 Å². The van der Waals surface area contributed by atoms with Crippen LogP contribution >= 0.6 is 12.2 Å². The third-order valence-corrected chi connectivity index (χ3v) is 4.59. The van der Waals surface area contributed by atoms with Gasteiger partial charge in [0, 0.05) is 17.8 Å². The number of unbranched alkanes of at least 4 members (excludes halogenated alkanes) is 1. The average molecular weight is 466 g/mol. The Morgan fingerprint density at radius 2 is 1.72 bits per heavy atom. The Labute approximate surface area is 193 Å². The molecule has 0 saturated heterocycles. The van der Waals surface area contributed by atoms with Crippen molar-refractivity contribution in [1.82, 2.24) is 21.3 Å². The number of hydrogen-bond donors (Lipinski definition) is 5. The highest BCUT2D eigenvalue weighted by atomic mass is 32.1. The van der Waals surface area contributed by atoms with Gasteiger partial charge in [0.05, 0.1) is 18.6 Å². The van der Waals surface area contributed by atoms with Crippen LogP contribution in [-0.2, 0) is 19.1 Å². The Balaban J connectivity index is 2.68. The second kappa shape index (κ2) is 14.0. The summed E-state index contributed by atoms with van der Waals surface area (Å²) in [4.78, 5) is 49.3. The summed E-state index contributed by atoms with van der Waals surface area (Å²) in [6.45, 7) is 3.56. The Bertz CT molecular complexity index is 815. The number of nitrogens with two attached hydrogens (primary N) is 1. The molecule has 0 aliphatic rings. The summed E-state index contributed by atoms with van der Waals surface area (Å²) in [5.41, 5.74) is 6.52. The zero-order valence-electron chi connectivity index (χ0n) is 18.5. The van der Waals surface area contributed by atoms with E-state index in [0.29, 0.717) is 35.6 Å². The summed E-state index contributed by atoms with van der Waals surface area (Å²) in [5, 5.41) is 10.6. The molecule has 10 nitrogen and oxygen atoms in total. The molecule has 1 aromatic rings. The summed E-state index contributed by atoms with van der Waals surface area (Å²) in [6.07, 6.45) is 1.75. The van der Waals surface area contributed by atoms with Crippen LogP contribution < -0.4 is 27.0 Å². The van der Waals surface area contributed by atoms with Crippen molar-refractivity contribution in [2.24, 2.45) is 0 Å². The molecule has 6 N–H and O–H groups in total. The van der Waals surface area contributed by atoms with Crippen LogP contribution in [-0.4, -0.2) is 61.0 Å². The van der Waals surface area contributed by atoms with Gasteiger partial charge in [-0.3, -0.25) is 14.4 Å². The standard InChI is InChI=1S/C21H31N5O5S/c1-13(21(30)31-3)25-18(27)12-24-20(29)17(6-4-5-11-23-14(2)32)26-19(28)15-7-9-16(22)10-8-15/h7-10,13,17H,4-6,11-12,22H2,1-3H3,(H,23,32)(H,24,29)(H,25,27)(H,26,28). The minimum absolute atomic E-state index is 0.347. The number of anilines is 1. The second-order valence-electron chi connectivity index (χ2n) is 7.16. The molecule has 0 fully saturated rings. The van der Waals surface area contributed by atoms with Gasteiger partial charge in [-0.05, 0) is 57.4 Å². The van der Waals surface area contributed by atoms with Crippen molar-refractivity contribution < 1.29 is 23.9 Å². The van der Waals surface area contributed by atoms with E-state index >= 15 is 0 Å². The number of carbonyl (C=O) groups excluding carboxylic acids is 4. The number of thiocarbonyl (C=S) groups is 1. The SMILES string of the molecule is COC(=O)C(C)NC(=O)CNC(=O)C(CCCCNC(C)=S)NC(=O)c1ccc(N)cc1. The molecule has 32 heavy (non-hydrogen) atoms. The molecular formula is C21H31N5O5S. The summed E-state index contributed by atoms with van der Waals surface area (Å²) in [5.74, 6) is -2.09. The number of rotatable bonds is 12. The Hall–Kier alpha value is -3.21. The van der Waals surface area contributed by atoms with Gasteiger partial charge in [0.1, 0.15) is 12.1 Å². The molecule has 3 amide bonds. The molecular weight excluding hydrogens is 434 g/mol. The Morgan fingerprint density at radius 1 is 1.06 bits per heavy atom. The van der Waals surface area contributed by atoms with Crippen molar-refractivity contribution in [1.29, 1.82) is 0 Å². The molecule has 0 heterocycles. The molecule has 2 unspecified atom stereocenters. The monoisotopic (exact) mass is 465 g/mol. The molecule has 0 bridgehead atoms. The number of hydrogen-bond acceptors (Lipinski definition) is 7. The smallest absolute Gasteiger partial charge is 0.328 e. The maximum absolute atomic E-state index is 12.7. The van der Waals surface area contributed by atoms with Gasteiger partial charge in [0.15, 0.2) is 0 Å². The van der Waals surface area contributed by atoms with Crippen LogP contribution in [0.15, 0.2) is 24.3 Å². The van der Waals surface area contributed by atoms with Gasteiger partial charge < -0.3 is 31.7 Å². The minimum atomic E-state index is -0.848. The molecule has 1 aromatic carbocycles. The van der Waals surface area contributed by atoms with E-state index in [-0.39, 0.29) is 6.54 Å². The van der Waals surface area contributed by atoms with E-state index in [9.17, 15) is 19.2 Å². The fourth-order valence-corrected chi connectivity index (χ4v) is 2.80. The van der Waals surface area contributed by atoms with Crippen molar-refractivity contribution in [3.05, 3.63) is 29.8 Å². The van der Waals surface area contributed by atoms with E-state index in [1.54, 1.807) is 31.2 Å². The van der Waals surface area contributed by atoms with E-state index < -0.39 is 35.8 Å². The van der Waals surface area contributed by atoms with E-state index in [4.69, 9.17) is 18.0 Å². The highest BCUT2D eigenvalue weighted by Crippen LogP contribution is 2.07. The molecule has 0 saturated carbocycles. The lowest BCUT2D eigenvalue weighted by atomic mass is 10.1. The highest BCUT2D eigenvalue weighted by molar-refractivity contribution is 7.80. The first-order valence-electron chi connectivity index (χ1n) is 10.2. The lowest BCUT2D eigenvalue weighted by molar-refractivity contribution is -0.144. The maximum Gasteiger partial charge on any atom is 0.328 e. The normalized spacial score (nSPS) is 12.1. The number of benzene rings is 1. The molecule has 0 radical (unpaired) electrons. The number of methoxy groups -OCH3 is 1. The third kappa shape index (κ3) is 10.2. The molecule has 2 atom stereocenters. The molecule has 1 rings (SSSR count). The molecule has 176 valence electrons. The number of nitrogen functional groups attached to an aromatic ring is 1. The van der Waals surface area contributed by atoms with Crippen molar-refractivity contribution in [2.75, 3.05) is 25.9 Å². The number of esters is 1. The van der Waals surface area contributed by atoms with Crippen molar-refractivity contribution in [3.8, 4) is 0 Å². The zero-order chi connectivity index (χ0) is 24.1. The van der Waals surface area contributed by atoms with Crippen molar-refractivity contribution in [3.63, 3.8) is 0 Å². The number of ether oxygens (including phenoxy) is 1. The lowest BCUT2D eigenvalue weighted by Crippen LogP contribution is -2.50. The first-order chi connectivity index (χ1) is 15.1. The third-order valence-electron chi connectivity index (χ3n) is 4.44.